The Labute approximate surface area is 186 Å². The molecule has 1 aliphatic carbocycles. The lowest BCUT2D eigenvalue weighted by Gasteiger charge is -2.21. The van der Waals surface area contributed by atoms with Gasteiger partial charge in [-0.25, -0.2) is 14.1 Å². The third kappa shape index (κ3) is 4.05. The van der Waals surface area contributed by atoms with Crippen LogP contribution in [-0.4, -0.2) is 27.9 Å². The van der Waals surface area contributed by atoms with Gasteiger partial charge in [0.05, 0.1) is 11.4 Å². The minimum atomic E-state index is -0.334. The van der Waals surface area contributed by atoms with Crippen LogP contribution >= 0.6 is 0 Å². The van der Waals surface area contributed by atoms with E-state index in [4.69, 9.17) is 21.3 Å². The van der Waals surface area contributed by atoms with E-state index in [0.717, 1.165) is 40.5 Å². The minimum Gasteiger partial charge on any atom is -0.485 e. The largest absolute Gasteiger partial charge is 0.485 e. The fraction of sp³-hybridized carbons (Fsp3) is 0.333. The Morgan fingerprint density at radius 2 is 2.09 bits per heavy atom. The van der Waals surface area contributed by atoms with Gasteiger partial charge in [0.25, 0.3) is 0 Å². The van der Waals surface area contributed by atoms with E-state index in [1.54, 1.807) is 12.3 Å². The number of ether oxygens (including phenoxy) is 1. The number of fused-ring (bicyclic) bond motifs is 5. The Balaban J connectivity index is 1.69. The summed E-state index contributed by atoms with van der Waals surface area (Å²) < 4.78 is 22.0. The predicted molar refractivity (Wildman–Crippen MR) is 122 cm³/mol. The normalized spacial score (nSPS) is 18.1. The van der Waals surface area contributed by atoms with Crippen molar-refractivity contribution >= 4 is 11.5 Å². The number of nitrogen functional groups attached to an aromatic ring is 1. The summed E-state index contributed by atoms with van der Waals surface area (Å²) >= 11 is 0. The summed E-state index contributed by atoms with van der Waals surface area (Å²) in [5, 5.41) is 8.31. The molecule has 2 aliphatic rings. The first-order chi connectivity index (χ1) is 15.5. The highest BCUT2D eigenvalue weighted by Crippen LogP contribution is 2.32. The molecule has 3 aromatic rings. The molecule has 2 bridgehead atoms. The molecule has 0 spiro atoms. The zero-order valence-electron chi connectivity index (χ0n) is 18.1. The van der Waals surface area contributed by atoms with Crippen molar-refractivity contribution in [3.05, 3.63) is 70.4 Å². The van der Waals surface area contributed by atoms with E-state index in [2.05, 4.69) is 10.3 Å². The summed E-state index contributed by atoms with van der Waals surface area (Å²) in [6, 6.07) is 8.56. The number of aryl methyl sites for hydroxylation is 1. The van der Waals surface area contributed by atoms with Gasteiger partial charge < -0.3 is 21.5 Å². The smallest absolute Gasteiger partial charge is 0.166 e. The average molecular weight is 435 g/mol. The third-order valence-electron chi connectivity index (χ3n) is 5.99. The second kappa shape index (κ2) is 8.27. The van der Waals surface area contributed by atoms with E-state index in [1.807, 2.05) is 23.7 Å². The van der Waals surface area contributed by atoms with Crippen molar-refractivity contribution in [2.24, 2.45) is 11.7 Å². The first-order valence-electron chi connectivity index (χ1n) is 10.9. The minimum absolute atomic E-state index is 0.138. The van der Waals surface area contributed by atoms with Crippen LogP contribution in [0.15, 0.2) is 42.1 Å². The standard InChI is InChI=1S/C24H27FN6O/c1-14-6-20-8-16(10-26)23(28-11-15-2-3-15)17-9-22(24(27)29-12-17)32-13-18-7-19(25)4-5-21(18)31(20)30-14/h4-7,9,12,15,28H,2-3,8,10-11,13,26H2,1H3,(H2,27,29)/b23-16-. The monoisotopic (exact) mass is 434 g/mol. The van der Waals surface area contributed by atoms with Crippen LogP contribution < -0.4 is 21.5 Å². The molecule has 1 saturated carbocycles. The molecule has 1 aromatic carbocycles. The molecule has 7 nitrogen and oxygen atoms in total. The Kier molecular flexibility index (Phi) is 5.30. The number of halogens is 1. The van der Waals surface area contributed by atoms with Crippen LogP contribution in [0.25, 0.3) is 11.4 Å². The Bertz CT molecular complexity index is 1200. The SMILES string of the molecule is Cc1cc2n(n1)-c1ccc(F)cc1COc1cc(cnc1N)/C(NCC1CC1)=C(/CN)C2. The highest BCUT2D eigenvalue weighted by atomic mass is 19.1. The van der Waals surface area contributed by atoms with Crippen molar-refractivity contribution in [2.75, 3.05) is 18.8 Å². The van der Waals surface area contributed by atoms with Crippen LogP contribution in [0.4, 0.5) is 10.2 Å². The molecule has 3 heterocycles. The van der Waals surface area contributed by atoms with Gasteiger partial charge >= 0.3 is 0 Å². The summed E-state index contributed by atoms with van der Waals surface area (Å²) in [6.45, 7) is 3.34. The van der Waals surface area contributed by atoms with E-state index < -0.39 is 0 Å². The van der Waals surface area contributed by atoms with Gasteiger partial charge in [-0.2, -0.15) is 5.10 Å². The fourth-order valence-electron chi connectivity index (χ4n) is 4.11. The Morgan fingerprint density at radius 3 is 2.88 bits per heavy atom. The molecule has 1 fully saturated rings. The molecule has 166 valence electrons. The van der Waals surface area contributed by atoms with Crippen LogP contribution in [0.2, 0.25) is 0 Å². The quantitative estimate of drug-likeness (QED) is 0.583. The lowest BCUT2D eigenvalue weighted by molar-refractivity contribution is 0.305. The molecule has 0 atom stereocenters. The molecule has 0 unspecified atom stereocenters. The Morgan fingerprint density at radius 1 is 1.25 bits per heavy atom. The molecule has 0 radical (unpaired) electrons. The van der Waals surface area contributed by atoms with Gasteiger partial charge in [0.1, 0.15) is 12.4 Å². The van der Waals surface area contributed by atoms with Crippen LogP contribution in [0, 0.1) is 18.7 Å². The lowest BCUT2D eigenvalue weighted by Crippen LogP contribution is -2.22. The molecular weight excluding hydrogens is 407 g/mol. The van der Waals surface area contributed by atoms with Gasteiger partial charge in [-0.05, 0) is 61.6 Å². The summed E-state index contributed by atoms with van der Waals surface area (Å²) in [4.78, 5) is 4.36. The number of nitrogens with zero attached hydrogens (tertiary/aromatic N) is 3. The van der Waals surface area contributed by atoms with Crippen LogP contribution in [-0.2, 0) is 13.0 Å². The number of pyridine rings is 1. The maximum absolute atomic E-state index is 14.1. The summed E-state index contributed by atoms with van der Waals surface area (Å²) in [5.41, 5.74) is 18.5. The number of hydrogen-bond donors (Lipinski definition) is 3. The zero-order valence-corrected chi connectivity index (χ0v) is 18.1. The van der Waals surface area contributed by atoms with E-state index in [-0.39, 0.29) is 18.2 Å². The second-order valence-electron chi connectivity index (χ2n) is 8.54. The van der Waals surface area contributed by atoms with Gasteiger partial charge in [0.2, 0.25) is 0 Å². The van der Waals surface area contributed by atoms with Gasteiger partial charge in [-0.3, -0.25) is 0 Å². The lowest BCUT2D eigenvalue weighted by atomic mass is 10.0. The van der Waals surface area contributed by atoms with Gasteiger partial charge in [-0.15, -0.1) is 0 Å². The number of nitrogens with one attached hydrogen (secondary N) is 1. The highest BCUT2D eigenvalue weighted by Gasteiger charge is 2.23. The van der Waals surface area contributed by atoms with Crippen molar-refractivity contribution in [3.8, 4) is 11.4 Å². The molecule has 1 aliphatic heterocycles. The maximum atomic E-state index is 14.1. The molecule has 0 amide bonds. The Hall–Kier alpha value is -3.39. The predicted octanol–water partition coefficient (Wildman–Crippen LogP) is 3.10. The topological polar surface area (TPSA) is 104 Å². The molecule has 5 rings (SSSR count). The van der Waals surface area contributed by atoms with Gasteiger partial charge in [-0.1, -0.05) is 0 Å². The van der Waals surface area contributed by atoms with Gasteiger partial charge in [0, 0.05) is 48.2 Å². The van der Waals surface area contributed by atoms with E-state index in [0.29, 0.717) is 30.2 Å². The van der Waals surface area contributed by atoms with Crippen molar-refractivity contribution in [3.63, 3.8) is 0 Å². The van der Waals surface area contributed by atoms with Crippen LogP contribution in [0.5, 0.6) is 5.75 Å². The van der Waals surface area contributed by atoms with E-state index in [9.17, 15) is 4.39 Å². The number of aromatic nitrogens is 3. The van der Waals surface area contributed by atoms with E-state index >= 15 is 0 Å². The molecular formula is C24H27FN6O. The highest BCUT2D eigenvalue weighted by molar-refractivity contribution is 5.70. The summed E-state index contributed by atoms with van der Waals surface area (Å²) in [6.07, 6.45) is 4.83. The molecule has 32 heavy (non-hydrogen) atoms. The molecule has 2 aromatic heterocycles. The molecule has 0 saturated heterocycles. The average Bonchev–Trinajstić information content (AvgIpc) is 3.53. The second-order valence-corrected chi connectivity index (χ2v) is 8.54. The van der Waals surface area contributed by atoms with E-state index in [1.165, 1.54) is 25.0 Å². The number of nitrogens with two attached hydrogens (primary N) is 2. The van der Waals surface area contributed by atoms with Crippen molar-refractivity contribution in [2.45, 2.75) is 32.8 Å². The van der Waals surface area contributed by atoms with Crippen LogP contribution in [0.3, 0.4) is 0 Å². The number of anilines is 1. The third-order valence-corrected chi connectivity index (χ3v) is 5.99. The molecule has 5 N–H and O–H groups in total. The first kappa shape index (κ1) is 20.5. The summed E-state index contributed by atoms with van der Waals surface area (Å²) in [7, 11) is 0. The molecule has 8 heteroatoms. The number of hydrogen-bond acceptors (Lipinski definition) is 6. The van der Waals surface area contributed by atoms with Gasteiger partial charge in [0.15, 0.2) is 11.6 Å². The first-order valence-corrected chi connectivity index (χ1v) is 10.9. The van der Waals surface area contributed by atoms with Crippen molar-refractivity contribution < 1.29 is 9.13 Å². The van der Waals surface area contributed by atoms with Crippen molar-refractivity contribution in [1.82, 2.24) is 20.1 Å². The van der Waals surface area contributed by atoms with Crippen molar-refractivity contribution in [1.29, 1.82) is 0 Å². The van der Waals surface area contributed by atoms with Crippen LogP contribution in [0.1, 0.15) is 35.4 Å². The zero-order chi connectivity index (χ0) is 22.2. The maximum Gasteiger partial charge on any atom is 0.166 e. The fourth-order valence-corrected chi connectivity index (χ4v) is 4.11. The number of rotatable bonds is 4. The number of benzene rings is 1. The summed E-state index contributed by atoms with van der Waals surface area (Å²) in [5.74, 6) is 1.10.